The van der Waals surface area contributed by atoms with Crippen molar-refractivity contribution in [3.8, 4) is 23.0 Å². The number of likely N-dealkylation sites (tertiary alicyclic amines) is 1. The van der Waals surface area contributed by atoms with Crippen molar-refractivity contribution in [3.63, 3.8) is 0 Å². The van der Waals surface area contributed by atoms with Gasteiger partial charge < -0.3 is 29.6 Å². The molecule has 2 aromatic carbocycles. The van der Waals surface area contributed by atoms with Crippen LogP contribution in [0.3, 0.4) is 0 Å². The fraction of sp³-hybridized carbons (Fsp3) is 0.519. The van der Waals surface area contributed by atoms with Crippen molar-refractivity contribution in [2.45, 2.75) is 38.5 Å². The molecule has 192 valence electrons. The van der Waals surface area contributed by atoms with Crippen LogP contribution in [0.2, 0.25) is 5.02 Å². The Morgan fingerprint density at radius 1 is 0.971 bits per heavy atom. The zero-order valence-corrected chi connectivity index (χ0v) is 22.0. The van der Waals surface area contributed by atoms with E-state index in [0.29, 0.717) is 51.6 Å². The molecule has 0 atom stereocenters. The molecule has 0 aromatic heterocycles. The molecule has 2 N–H and O–H groups in total. The lowest BCUT2D eigenvalue weighted by Gasteiger charge is -2.32. The number of nitrogen functional groups attached to an aromatic ring is 1. The summed E-state index contributed by atoms with van der Waals surface area (Å²) in [6.07, 6.45) is 5.58. The molecule has 0 amide bonds. The molecule has 0 unspecified atom stereocenters. The monoisotopic (exact) mass is 504 g/mol. The van der Waals surface area contributed by atoms with Gasteiger partial charge in [0.25, 0.3) is 0 Å². The van der Waals surface area contributed by atoms with Crippen LogP contribution in [0.15, 0.2) is 24.3 Å². The highest BCUT2D eigenvalue weighted by Gasteiger charge is 2.22. The largest absolute Gasteiger partial charge is 0.496 e. The van der Waals surface area contributed by atoms with Gasteiger partial charge in [-0.25, -0.2) is 0 Å². The second-order valence-electron chi connectivity index (χ2n) is 8.96. The first-order valence-electron chi connectivity index (χ1n) is 12.1. The first-order valence-corrected chi connectivity index (χ1v) is 12.4. The predicted molar refractivity (Wildman–Crippen MR) is 140 cm³/mol. The quantitative estimate of drug-likeness (QED) is 0.311. The van der Waals surface area contributed by atoms with Crippen molar-refractivity contribution in [2.24, 2.45) is 5.92 Å². The molecule has 8 heteroatoms. The number of anilines is 1. The maximum atomic E-state index is 12.8. The molecule has 7 nitrogen and oxygen atoms in total. The minimum absolute atomic E-state index is 0.0523. The molecule has 1 fully saturated rings. The molecular formula is C27H37ClN2O5. The van der Waals surface area contributed by atoms with E-state index in [2.05, 4.69) is 4.90 Å². The van der Waals surface area contributed by atoms with Crippen LogP contribution >= 0.6 is 11.6 Å². The molecule has 0 aliphatic carbocycles. The summed E-state index contributed by atoms with van der Waals surface area (Å²) in [7, 11) is 6.43. The Morgan fingerprint density at radius 2 is 1.60 bits per heavy atom. The van der Waals surface area contributed by atoms with Gasteiger partial charge in [0.05, 0.1) is 44.7 Å². The van der Waals surface area contributed by atoms with Crippen LogP contribution in [-0.2, 0) is 6.42 Å². The van der Waals surface area contributed by atoms with Crippen molar-refractivity contribution in [2.75, 3.05) is 53.8 Å². The summed E-state index contributed by atoms with van der Waals surface area (Å²) in [5.74, 6) is 3.10. The number of ether oxygens (including phenoxy) is 4. The van der Waals surface area contributed by atoms with Crippen LogP contribution in [0, 0.1) is 5.92 Å². The molecular weight excluding hydrogens is 468 g/mol. The molecule has 0 radical (unpaired) electrons. The second kappa shape index (κ2) is 12.9. The number of piperidine rings is 1. The number of Topliss-reactive ketones (excluding diaryl/α,β-unsaturated/α-hetero) is 1. The Kier molecular flexibility index (Phi) is 9.93. The number of ketones is 1. The molecule has 0 bridgehead atoms. The van der Waals surface area contributed by atoms with E-state index in [0.717, 1.165) is 51.7 Å². The molecule has 2 aromatic rings. The average Bonchev–Trinajstić information content (AvgIpc) is 2.88. The number of halogens is 1. The summed E-state index contributed by atoms with van der Waals surface area (Å²) in [5.41, 5.74) is 7.93. The van der Waals surface area contributed by atoms with E-state index in [9.17, 15) is 4.79 Å². The Bertz CT molecular complexity index is 980. The SMILES string of the molecule is COc1cc(N)c(Cl)cc1C(=O)CCC1CCN(CCCc2cc(OC)c(OC)c(OC)c2)CC1. The van der Waals surface area contributed by atoms with E-state index in [1.807, 2.05) is 12.1 Å². The van der Waals surface area contributed by atoms with Crippen molar-refractivity contribution in [1.82, 2.24) is 4.90 Å². The van der Waals surface area contributed by atoms with Gasteiger partial charge >= 0.3 is 0 Å². The summed E-state index contributed by atoms with van der Waals surface area (Å²) in [5, 5.41) is 0.383. The molecule has 1 aliphatic rings. The Hall–Kier alpha value is -2.64. The summed E-state index contributed by atoms with van der Waals surface area (Å²) in [6, 6.07) is 7.28. The van der Waals surface area contributed by atoms with Crippen molar-refractivity contribution >= 4 is 23.1 Å². The maximum absolute atomic E-state index is 12.8. The van der Waals surface area contributed by atoms with Gasteiger partial charge in [0.1, 0.15) is 5.75 Å². The number of rotatable bonds is 12. The summed E-state index contributed by atoms with van der Waals surface area (Å²) < 4.78 is 21.7. The second-order valence-corrected chi connectivity index (χ2v) is 9.37. The highest BCUT2D eigenvalue weighted by molar-refractivity contribution is 6.33. The molecule has 3 rings (SSSR count). The number of hydrogen-bond donors (Lipinski definition) is 1. The first-order chi connectivity index (χ1) is 16.9. The maximum Gasteiger partial charge on any atom is 0.203 e. The van der Waals surface area contributed by atoms with E-state index in [4.69, 9.17) is 36.3 Å². The Labute approximate surface area is 213 Å². The predicted octanol–water partition coefficient (Wildman–Crippen LogP) is 5.26. The molecule has 1 aliphatic heterocycles. The van der Waals surface area contributed by atoms with Gasteiger partial charge in [-0.15, -0.1) is 0 Å². The van der Waals surface area contributed by atoms with E-state index < -0.39 is 0 Å². The smallest absolute Gasteiger partial charge is 0.203 e. The van der Waals surface area contributed by atoms with Crippen LogP contribution in [0.5, 0.6) is 23.0 Å². The van der Waals surface area contributed by atoms with Gasteiger partial charge in [-0.2, -0.15) is 0 Å². The lowest BCUT2D eigenvalue weighted by atomic mass is 9.90. The number of nitrogens with two attached hydrogens (primary N) is 1. The number of carbonyl (C=O) groups excluding carboxylic acids is 1. The third kappa shape index (κ3) is 6.95. The van der Waals surface area contributed by atoms with Crippen LogP contribution in [0.1, 0.15) is 48.0 Å². The standard InChI is InChI=1S/C27H37ClN2O5/c1-32-24-17-22(29)21(28)16-20(24)23(31)8-7-18-9-12-30(13-10-18)11-5-6-19-14-25(33-2)27(35-4)26(15-19)34-3/h14-18H,5-13,29H2,1-4H3. The number of methoxy groups -OCH3 is 4. The number of benzene rings is 2. The van der Waals surface area contributed by atoms with Gasteiger partial charge in [0.15, 0.2) is 17.3 Å². The molecule has 0 spiro atoms. The van der Waals surface area contributed by atoms with Crippen LogP contribution in [0.4, 0.5) is 5.69 Å². The Balaban J connectivity index is 1.43. The van der Waals surface area contributed by atoms with E-state index in [1.165, 1.54) is 12.7 Å². The van der Waals surface area contributed by atoms with Crippen LogP contribution < -0.4 is 24.7 Å². The van der Waals surface area contributed by atoms with Gasteiger partial charge in [0.2, 0.25) is 5.75 Å². The first kappa shape index (κ1) is 27.0. The van der Waals surface area contributed by atoms with Gasteiger partial charge in [-0.3, -0.25) is 4.79 Å². The summed E-state index contributed by atoms with van der Waals surface area (Å²) in [6.45, 7) is 3.17. The fourth-order valence-electron chi connectivity index (χ4n) is 4.71. The van der Waals surface area contributed by atoms with E-state index in [1.54, 1.807) is 33.5 Å². The average molecular weight is 505 g/mol. The van der Waals surface area contributed by atoms with Crippen LogP contribution in [0.25, 0.3) is 0 Å². The van der Waals surface area contributed by atoms with Gasteiger partial charge in [0, 0.05) is 12.5 Å². The third-order valence-corrected chi connectivity index (χ3v) is 7.10. The van der Waals surface area contributed by atoms with Gasteiger partial charge in [-0.05, 0) is 81.4 Å². The minimum Gasteiger partial charge on any atom is -0.496 e. The summed E-state index contributed by atoms with van der Waals surface area (Å²) >= 11 is 6.12. The topological polar surface area (TPSA) is 83.3 Å². The van der Waals surface area contributed by atoms with Crippen LogP contribution in [-0.4, -0.2) is 58.8 Å². The zero-order valence-electron chi connectivity index (χ0n) is 21.2. The van der Waals surface area contributed by atoms with E-state index in [-0.39, 0.29) is 5.78 Å². The zero-order chi connectivity index (χ0) is 25.4. The Morgan fingerprint density at radius 3 is 2.17 bits per heavy atom. The van der Waals surface area contributed by atoms with Crippen molar-refractivity contribution < 1.29 is 23.7 Å². The number of hydrogen-bond acceptors (Lipinski definition) is 7. The van der Waals surface area contributed by atoms with Gasteiger partial charge in [-0.1, -0.05) is 11.6 Å². The van der Waals surface area contributed by atoms with E-state index >= 15 is 0 Å². The highest BCUT2D eigenvalue weighted by atomic mass is 35.5. The lowest BCUT2D eigenvalue weighted by molar-refractivity contribution is 0.0959. The summed E-state index contributed by atoms with van der Waals surface area (Å²) in [4.78, 5) is 15.3. The number of aryl methyl sites for hydroxylation is 1. The molecule has 1 heterocycles. The normalized spacial score (nSPS) is 14.5. The molecule has 0 saturated carbocycles. The highest BCUT2D eigenvalue weighted by Crippen LogP contribution is 2.38. The fourth-order valence-corrected chi connectivity index (χ4v) is 4.87. The third-order valence-electron chi connectivity index (χ3n) is 6.77. The van der Waals surface area contributed by atoms with Crippen molar-refractivity contribution in [3.05, 3.63) is 40.4 Å². The molecule has 35 heavy (non-hydrogen) atoms. The molecule has 1 saturated heterocycles. The minimum atomic E-state index is 0.0523. The van der Waals surface area contributed by atoms with Crippen molar-refractivity contribution in [1.29, 1.82) is 0 Å². The lowest BCUT2D eigenvalue weighted by Crippen LogP contribution is -2.34. The number of nitrogens with zero attached hydrogens (tertiary/aromatic N) is 1. The number of carbonyl (C=O) groups is 1.